The monoisotopic (exact) mass is 660 g/mol. The van der Waals surface area contributed by atoms with E-state index in [0.717, 1.165) is 71.8 Å². The molecule has 7 rings (SSSR count). The van der Waals surface area contributed by atoms with Crippen LogP contribution in [0.1, 0.15) is 83.0 Å². The molecular formula is C45H48N4O. The average molecular weight is 661 g/mol. The Bertz CT molecular complexity index is 2300. The van der Waals surface area contributed by atoms with Crippen molar-refractivity contribution in [3.63, 3.8) is 0 Å². The van der Waals surface area contributed by atoms with Gasteiger partial charge in [-0.2, -0.15) is 5.10 Å². The molecule has 0 aliphatic carbocycles. The van der Waals surface area contributed by atoms with Crippen molar-refractivity contribution < 1.29 is 4.74 Å². The van der Waals surface area contributed by atoms with E-state index in [-0.39, 0.29) is 5.41 Å². The minimum atomic E-state index is -0.150. The molecule has 7 aromatic rings. The summed E-state index contributed by atoms with van der Waals surface area (Å²) >= 11 is 0. The fourth-order valence-corrected chi connectivity index (χ4v) is 7.19. The van der Waals surface area contributed by atoms with Gasteiger partial charge in [0.25, 0.3) is 0 Å². The van der Waals surface area contributed by atoms with Crippen LogP contribution in [0.15, 0.2) is 103 Å². The van der Waals surface area contributed by atoms with Crippen molar-refractivity contribution in [3.8, 4) is 34.1 Å². The Hall–Kier alpha value is -5.16. The van der Waals surface area contributed by atoms with Crippen LogP contribution in [-0.4, -0.2) is 19.3 Å². The van der Waals surface area contributed by atoms with Gasteiger partial charge in [-0.25, -0.2) is 9.67 Å². The molecule has 254 valence electrons. The predicted octanol–water partition coefficient (Wildman–Crippen LogP) is 11.8. The number of ether oxygens (including phenoxy) is 1. The molecule has 5 nitrogen and oxygen atoms in total. The number of fused-ring (bicyclic) bond motifs is 3. The number of pyridine rings is 1. The molecule has 0 aliphatic heterocycles. The molecule has 0 aliphatic rings. The minimum absolute atomic E-state index is 0.150. The van der Waals surface area contributed by atoms with E-state index in [1.54, 1.807) is 0 Å². The first-order valence-electron chi connectivity index (χ1n) is 18.2. The number of rotatable bonds is 10. The molecule has 0 saturated heterocycles. The topological polar surface area (TPSA) is 44.9 Å². The summed E-state index contributed by atoms with van der Waals surface area (Å²) in [5.74, 6) is 2.50. The first kappa shape index (κ1) is 33.3. The Morgan fingerprint density at radius 1 is 0.660 bits per heavy atom. The van der Waals surface area contributed by atoms with Crippen LogP contribution >= 0.6 is 0 Å². The van der Waals surface area contributed by atoms with Crippen LogP contribution in [-0.2, 0) is 31.1 Å². The van der Waals surface area contributed by atoms with Crippen molar-refractivity contribution in [2.24, 2.45) is 0 Å². The Balaban J connectivity index is 1.36. The van der Waals surface area contributed by atoms with Gasteiger partial charge < -0.3 is 4.74 Å². The van der Waals surface area contributed by atoms with Crippen molar-refractivity contribution >= 4 is 21.8 Å². The van der Waals surface area contributed by atoms with Gasteiger partial charge in [0.2, 0.25) is 0 Å². The molecule has 0 N–H and O–H groups in total. The SMILES string of the molecule is CCCc1nn(-c2cc(CC)cc(Oc3ccc4c5ccccc5n(-c5cc(CC)ccn5)c4c3)c2)c(C(C)(C)C)c1-c1ccc(CC)cc1. The van der Waals surface area contributed by atoms with E-state index < -0.39 is 0 Å². The van der Waals surface area contributed by atoms with Gasteiger partial charge in [0, 0.05) is 40.1 Å². The first-order valence-corrected chi connectivity index (χ1v) is 18.2. The number of hydrogen-bond acceptors (Lipinski definition) is 3. The van der Waals surface area contributed by atoms with Gasteiger partial charge in [0.15, 0.2) is 0 Å². The normalized spacial score (nSPS) is 11.9. The molecular weight excluding hydrogens is 613 g/mol. The Morgan fingerprint density at radius 2 is 1.40 bits per heavy atom. The number of aryl methyl sites for hydroxylation is 4. The fourth-order valence-electron chi connectivity index (χ4n) is 7.19. The molecule has 0 amide bonds. The second kappa shape index (κ2) is 13.6. The summed E-state index contributed by atoms with van der Waals surface area (Å²) < 4.78 is 11.2. The van der Waals surface area contributed by atoms with E-state index >= 15 is 0 Å². The maximum absolute atomic E-state index is 6.77. The van der Waals surface area contributed by atoms with Gasteiger partial charge in [-0.1, -0.05) is 97.4 Å². The summed E-state index contributed by atoms with van der Waals surface area (Å²) in [5.41, 5.74) is 11.7. The lowest BCUT2D eigenvalue weighted by Gasteiger charge is -2.23. The van der Waals surface area contributed by atoms with Crippen molar-refractivity contribution in [1.82, 2.24) is 19.3 Å². The molecule has 3 aromatic heterocycles. The lowest BCUT2D eigenvalue weighted by atomic mass is 9.85. The zero-order chi connectivity index (χ0) is 35.0. The molecule has 0 bridgehead atoms. The lowest BCUT2D eigenvalue weighted by molar-refractivity contribution is 0.481. The quantitative estimate of drug-likeness (QED) is 0.147. The standard InChI is InChI=1S/C45H48N4O/c1-8-14-39-43(33-19-17-30(9-2)18-20-33)44(45(5,6)7)49(47-39)34-25-32(11-4)26-36(28-34)50-35-21-22-38-37-15-12-13-16-40(37)48(41(38)29-35)42-27-31(10-3)23-24-46-42/h12-13,15-29H,8-11,14H2,1-7H3. The van der Waals surface area contributed by atoms with E-state index in [9.17, 15) is 0 Å². The van der Waals surface area contributed by atoms with Crippen LogP contribution in [0, 0.1) is 0 Å². The highest BCUT2D eigenvalue weighted by Crippen LogP contribution is 2.40. The average Bonchev–Trinajstić information content (AvgIpc) is 3.68. The van der Waals surface area contributed by atoms with Crippen molar-refractivity contribution in [1.29, 1.82) is 0 Å². The summed E-state index contributed by atoms with van der Waals surface area (Å²) in [5, 5.41) is 7.73. The Morgan fingerprint density at radius 3 is 2.12 bits per heavy atom. The number of benzene rings is 4. The number of nitrogens with zero attached hydrogens (tertiary/aromatic N) is 4. The van der Waals surface area contributed by atoms with Gasteiger partial charge in [-0.15, -0.1) is 0 Å². The van der Waals surface area contributed by atoms with Crippen molar-refractivity contribution in [2.75, 3.05) is 0 Å². The molecule has 0 atom stereocenters. The smallest absolute Gasteiger partial charge is 0.137 e. The highest BCUT2D eigenvalue weighted by Gasteiger charge is 2.29. The lowest BCUT2D eigenvalue weighted by Crippen LogP contribution is -2.18. The number of para-hydroxylation sites is 1. The second-order valence-electron chi connectivity index (χ2n) is 14.3. The maximum atomic E-state index is 6.77. The molecule has 0 unspecified atom stereocenters. The minimum Gasteiger partial charge on any atom is -0.457 e. The largest absolute Gasteiger partial charge is 0.457 e. The molecule has 3 heterocycles. The van der Waals surface area contributed by atoms with Gasteiger partial charge in [0.05, 0.1) is 28.1 Å². The fraction of sp³-hybridized carbons (Fsp3) is 0.289. The number of aromatic nitrogens is 4. The zero-order valence-electron chi connectivity index (χ0n) is 30.5. The van der Waals surface area contributed by atoms with Crippen LogP contribution < -0.4 is 4.74 Å². The van der Waals surface area contributed by atoms with E-state index in [4.69, 9.17) is 14.8 Å². The van der Waals surface area contributed by atoms with E-state index in [1.807, 2.05) is 6.20 Å². The first-order chi connectivity index (χ1) is 24.2. The van der Waals surface area contributed by atoms with Gasteiger partial charge in [0.1, 0.15) is 17.3 Å². The van der Waals surface area contributed by atoms with Crippen LogP contribution in [0.3, 0.4) is 0 Å². The second-order valence-corrected chi connectivity index (χ2v) is 14.3. The zero-order valence-corrected chi connectivity index (χ0v) is 30.5. The molecule has 4 aromatic carbocycles. The predicted molar refractivity (Wildman–Crippen MR) is 208 cm³/mol. The van der Waals surface area contributed by atoms with Gasteiger partial charge in [-0.3, -0.25) is 4.57 Å². The van der Waals surface area contributed by atoms with Crippen LogP contribution in [0.4, 0.5) is 0 Å². The van der Waals surface area contributed by atoms with Crippen LogP contribution in [0.2, 0.25) is 0 Å². The van der Waals surface area contributed by atoms with E-state index in [0.29, 0.717) is 0 Å². The summed E-state index contributed by atoms with van der Waals surface area (Å²) in [6.07, 6.45) is 6.72. The third-order valence-electron chi connectivity index (χ3n) is 9.74. The van der Waals surface area contributed by atoms with Gasteiger partial charge in [-0.05, 0) is 90.4 Å². The number of hydrogen-bond donors (Lipinski definition) is 0. The van der Waals surface area contributed by atoms with Crippen molar-refractivity contribution in [2.45, 2.75) is 86.0 Å². The molecule has 50 heavy (non-hydrogen) atoms. The molecule has 0 saturated carbocycles. The summed E-state index contributed by atoms with van der Waals surface area (Å²) in [7, 11) is 0. The summed E-state index contributed by atoms with van der Waals surface area (Å²) in [4.78, 5) is 4.80. The van der Waals surface area contributed by atoms with E-state index in [1.165, 1.54) is 44.3 Å². The van der Waals surface area contributed by atoms with Crippen LogP contribution in [0.5, 0.6) is 11.5 Å². The molecule has 5 heteroatoms. The highest BCUT2D eigenvalue weighted by atomic mass is 16.5. The molecule has 0 fully saturated rings. The Kier molecular flexibility index (Phi) is 9.09. The summed E-state index contributed by atoms with van der Waals surface area (Å²) in [6, 6.07) is 34.9. The summed E-state index contributed by atoms with van der Waals surface area (Å²) in [6.45, 7) is 15.7. The highest BCUT2D eigenvalue weighted by molar-refractivity contribution is 6.09. The molecule has 0 radical (unpaired) electrons. The van der Waals surface area contributed by atoms with Crippen molar-refractivity contribution in [3.05, 3.63) is 131 Å². The molecule has 0 spiro atoms. The third kappa shape index (κ3) is 6.22. The van der Waals surface area contributed by atoms with Gasteiger partial charge >= 0.3 is 0 Å². The van der Waals surface area contributed by atoms with Crippen LogP contribution in [0.25, 0.3) is 44.4 Å². The Labute approximate surface area is 296 Å². The maximum Gasteiger partial charge on any atom is 0.137 e. The third-order valence-corrected chi connectivity index (χ3v) is 9.74. The van der Waals surface area contributed by atoms with E-state index in [2.05, 4.69) is 155 Å².